The Morgan fingerprint density at radius 3 is 2.54 bits per heavy atom. The van der Waals surface area contributed by atoms with Crippen molar-refractivity contribution in [2.75, 3.05) is 18.5 Å². The first-order valence-corrected chi connectivity index (χ1v) is 11.2. The Morgan fingerprint density at radius 2 is 1.86 bits per heavy atom. The zero-order valence-corrected chi connectivity index (χ0v) is 19.8. The molecule has 0 unspecified atom stereocenters. The van der Waals surface area contributed by atoms with Gasteiger partial charge in [-0.15, -0.1) is 0 Å². The number of amides is 1. The van der Waals surface area contributed by atoms with Crippen LogP contribution in [0.3, 0.4) is 0 Å². The van der Waals surface area contributed by atoms with Crippen LogP contribution in [0, 0.1) is 18.6 Å². The van der Waals surface area contributed by atoms with Crippen LogP contribution in [0.1, 0.15) is 35.5 Å². The van der Waals surface area contributed by atoms with Crippen LogP contribution in [0.15, 0.2) is 60.9 Å². The molecule has 7 nitrogen and oxygen atoms in total. The topological polar surface area (TPSA) is 88.4 Å². The number of aromatic nitrogens is 2. The van der Waals surface area contributed by atoms with Crippen molar-refractivity contribution in [1.29, 1.82) is 0 Å². The zero-order chi connectivity index (χ0) is 25.4. The van der Waals surface area contributed by atoms with E-state index in [1.54, 1.807) is 54.2 Å². The van der Waals surface area contributed by atoms with Crippen LogP contribution >= 0.6 is 0 Å². The zero-order valence-electron chi connectivity index (χ0n) is 19.8. The highest BCUT2D eigenvalue weighted by Gasteiger charge is 2.24. The number of pyridine rings is 1. The van der Waals surface area contributed by atoms with E-state index in [1.807, 2.05) is 13.8 Å². The molecule has 1 amide bonds. The monoisotopic (exact) mass is 482 g/mol. The molecule has 35 heavy (non-hydrogen) atoms. The molecule has 184 valence electrons. The number of benzene rings is 2. The number of aryl methyl sites for hydroxylation is 1. The average molecular weight is 483 g/mol. The smallest absolute Gasteiger partial charge is 0.293 e. The Bertz CT molecular complexity index is 1290. The minimum absolute atomic E-state index is 0.0964. The fraction of sp³-hybridized carbons (Fsp3) is 0.231. The van der Waals surface area contributed by atoms with Gasteiger partial charge in [-0.3, -0.25) is 14.6 Å². The molecule has 4 rings (SSSR count). The Balaban J connectivity index is 0.00000167. The highest BCUT2D eigenvalue weighted by molar-refractivity contribution is 6.09. The molecule has 0 aliphatic rings. The lowest BCUT2D eigenvalue weighted by Gasteiger charge is -2.14. The molecule has 2 aromatic carbocycles. The van der Waals surface area contributed by atoms with E-state index in [0.717, 1.165) is 11.1 Å². The summed E-state index contributed by atoms with van der Waals surface area (Å²) in [6, 6.07) is 12.4. The van der Waals surface area contributed by atoms with Gasteiger partial charge in [0.15, 0.2) is 0 Å². The molecule has 0 atom stereocenters. The number of carbonyl (C=O) groups is 1. The van der Waals surface area contributed by atoms with Crippen molar-refractivity contribution in [2.45, 2.75) is 27.3 Å². The van der Waals surface area contributed by atoms with E-state index in [9.17, 15) is 13.6 Å². The van der Waals surface area contributed by atoms with Gasteiger partial charge in [0, 0.05) is 24.3 Å². The van der Waals surface area contributed by atoms with Crippen LogP contribution in [0.25, 0.3) is 10.9 Å². The van der Waals surface area contributed by atoms with Crippen molar-refractivity contribution >= 4 is 28.2 Å². The molecule has 0 aliphatic heterocycles. The number of nitrogens with one attached hydrogen (secondary N) is 2. The molecular formula is C26H28F2N4O3. The minimum atomic E-state index is -0.600. The lowest BCUT2D eigenvalue weighted by molar-refractivity contribution is 0.0163. The number of aliphatic hydroxyl groups is 1. The summed E-state index contributed by atoms with van der Waals surface area (Å²) < 4.78 is 29.8. The Morgan fingerprint density at radius 1 is 1.11 bits per heavy atom. The summed E-state index contributed by atoms with van der Waals surface area (Å²) in [5.41, 5.74) is 5.19. The maximum Gasteiger partial charge on any atom is 0.293 e. The summed E-state index contributed by atoms with van der Waals surface area (Å²) in [5.74, 6) is -1.44. The molecule has 0 fully saturated rings. The van der Waals surface area contributed by atoms with E-state index in [4.69, 9.17) is 9.94 Å². The molecule has 4 aromatic rings. The third-order valence-corrected chi connectivity index (χ3v) is 5.08. The molecule has 0 radical (unpaired) electrons. The van der Waals surface area contributed by atoms with Crippen LogP contribution in [0.4, 0.5) is 20.2 Å². The normalized spacial score (nSPS) is 10.6. The van der Waals surface area contributed by atoms with Crippen LogP contribution in [0.2, 0.25) is 0 Å². The van der Waals surface area contributed by atoms with Gasteiger partial charge in [-0.2, -0.15) is 0 Å². The third kappa shape index (κ3) is 6.00. The number of anilines is 2. The Labute approximate surface area is 202 Å². The lowest BCUT2D eigenvalue weighted by atomic mass is 10.2. The summed E-state index contributed by atoms with van der Waals surface area (Å²) in [7, 11) is 0. The first-order valence-electron chi connectivity index (χ1n) is 11.2. The van der Waals surface area contributed by atoms with Gasteiger partial charge < -0.3 is 15.0 Å². The summed E-state index contributed by atoms with van der Waals surface area (Å²) in [5, 5.41) is 12.6. The number of hydrogen-bond acceptors (Lipinski definition) is 5. The minimum Gasteiger partial charge on any atom is -0.394 e. The molecule has 2 heterocycles. The first kappa shape index (κ1) is 25.8. The van der Waals surface area contributed by atoms with Gasteiger partial charge in [0.1, 0.15) is 17.3 Å². The van der Waals surface area contributed by atoms with E-state index in [0.29, 0.717) is 16.6 Å². The van der Waals surface area contributed by atoms with Crippen LogP contribution < -0.4 is 10.8 Å². The van der Waals surface area contributed by atoms with Gasteiger partial charge in [0.25, 0.3) is 5.91 Å². The van der Waals surface area contributed by atoms with Gasteiger partial charge in [0.05, 0.1) is 30.1 Å². The number of halogens is 2. The van der Waals surface area contributed by atoms with Gasteiger partial charge in [-0.1, -0.05) is 32.0 Å². The summed E-state index contributed by atoms with van der Waals surface area (Å²) >= 11 is 0. The van der Waals surface area contributed by atoms with E-state index < -0.39 is 11.7 Å². The summed E-state index contributed by atoms with van der Waals surface area (Å²) in [6.07, 6.45) is 3.17. The van der Waals surface area contributed by atoms with Gasteiger partial charge in [-0.05, 0) is 48.4 Å². The SMILES string of the molecule is CC.Cc1ccc(Nc2c(C(=O)NOCCO)n(Cc3ccc(F)cc3)c3ccncc23)c(F)c1. The number of hydroxylamine groups is 1. The van der Waals surface area contributed by atoms with E-state index in [2.05, 4.69) is 15.8 Å². The van der Waals surface area contributed by atoms with E-state index in [-0.39, 0.29) is 37.0 Å². The van der Waals surface area contributed by atoms with Crippen molar-refractivity contribution in [2.24, 2.45) is 0 Å². The summed E-state index contributed by atoms with van der Waals surface area (Å²) in [6.45, 7) is 5.65. The molecule has 0 bridgehead atoms. The maximum atomic E-state index is 14.6. The number of aliphatic hydroxyl groups excluding tert-OH is 1. The molecule has 0 aliphatic carbocycles. The highest BCUT2D eigenvalue weighted by atomic mass is 19.1. The molecule has 0 spiro atoms. The predicted octanol–water partition coefficient (Wildman–Crippen LogP) is 5.09. The number of rotatable bonds is 8. The summed E-state index contributed by atoms with van der Waals surface area (Å²) in [4.78, 5) is 22.3. The lowest BCUT2D eigenvalue weighted by Crippen LogP contribution is -2.28. The Hall–Kier alpha value is -3.82. The molecule has 0 saturated carbocycles. The van der Waals surface area contributed by atoms with Crippen LogP contribution in [-0.4, -0.2) is 33.8 Å². The second kappa shape index (κ2) is 12.0. The molecular weight excluding hydrogens is 454 g/mol. The number of hydrogen-bond donors (Lipinski definition) is 3. The second-order valence-electron chi connectivity index (χ2n) is 7.44. The van der Waals surface area contributed by atoms with Crippen molar-refractivity contribution in [3.8, 4) is 0 Å². The van der Waals surface area contributed by atoms with E-state index >= 15 is 0 Å². The van der Waals surface area contributed by atoms with Crippen molar-refractivity contribution in [3.05, 3.63) is 89.4 Å². The quantitative estimate of drug-likeness (QED) is 0.240. The van der Waals surface area contributed by atoms with Crippen molar-refractivity contribution in [1.82, 2.24) is 15.0 Å². The fourth-order valence-electron chi connectivity index (χ4n) is 3.56. The number of nitrogens with zero attached hydrogens (tertiary/aromatic N) is 2. The first-order chi connectivity index (χ1) is 17.0. The predicted molar refractivity (Wildman–Crippen MR) is 132 cm³/mol. The maximum absolute atomic E-state index is 14.6. The fourth-order valence-corrected chi connectivity index (χ4v) is 3.56. The molecule has 2 aromatic heterocycles. The molecule has 9 heteroatoms. The largest absolute Gasteiger partial charge is 0.394 e. The van der Waals surface area contributed by atoms with Crippen molar-refractivity contribution in [3.63, 3.8) is 0 Å². The van der Waals surface area contributed by atoms with Crippen LogP contribution in [-0.2, 0) is 11.4 Å². The van der Waals surface area contributed by atoms with Gasteiger partial charge in [-0.25, -0.2) is 14.3 Å². The third-order valence-electron chi connectivity index (χ3n) is 5.08. The van der Waals surface area contributed by atoms with Gasteiger partial charge in [0.2, 0.25) is 0 Å². The van der Waals surface area contributed by atoms with Crippen LogP contribution in [0.5, 0.6) is 0 Å². The molecule has 0 saturated heterocycles. The second-order valence-corrected chi connectivity index (χ2v) is 7.44. The molecule has 3 N–H and O–H groups in total. The van der Waals surface area contributed by atoms with Crippen molar-refractivity contribution < 1.29 is 23.5 Å². The highest BCUT2D eigenvalue weighted by Crippen LogP contribution is 2.34. The number of carbonyl (C=O) groups excluding carboxylic acids is 1. The van der Waals surface area contributed by atoms with E-state index in [1.165, 1.54) is 18.2 Å². The Kier molecular flexibility index (Phi) is 8.88. The average Bonchev–Trinajstić information content (AvgIpc) is 3.16. The standard InChI is InChI=1S/C24H22F2N4O3.C2H6/c1-15-2-7-20(19(26)12-15)28-22-18-13-27-9-8-21(18)30(14-16-3-5-17(25)6-4-16)23(22)24(32)29-33-11-10-31;1-2/h2-9,12-13,28,31H,10-11,14H2,1H3,(H,29,32);1-2H3. The number of fused-ring (bicyclic) bond motifs is 1. The van der Waals surface area contributed by atoms with Gasteiger partial charge >= 0.3 is 0 Å².